The molecule has 0 bridgehead atoms. The van der Waals surface area contributed by atoms with E-state index in [0.29, 0.717) is 18.2 Å². The van der Waals surface area contributed by atoms with Crippen molar-refractivity contribution in [1.82, 2.24) is 5.32 Å². The summed E-state index contributed by atoms with van der Waals surface area (Å²) in [6, 6.07) is 3.15. The largest absolute Gasteiger partial charge is 0.506 e. The molecule has 116 valence electrons. The summed E-state index contributed by atoms with van der Waals surface area (Å²) in [4.78, 5) is 22.9. The molecule has 0 heterocycles. The van der Waals surface area contributed by atoms with E-state index < -0.39 is 17.9 Å². The van der Waals surface area contributed by atoms with Crippen molar-refractivity contribution in [2.24, 2.45) is 0 Å². The Labute approximate surface area is 126 Å². The van der Waals surface area contributed by atoms with E-state index in [-0.39, 0.29) is 17.9 Å². The number of nitrogens with one attached hydrogen (secondary N) is 2. The van der Waals surface area contributed by atoms with Gasteiger partial charge in [0.25, 0.3) is 0 Å². The molecule has 1 rings (SSSR count). The van der Waals surface area contributed by atoms with Gasteiger partial charge in [-0.15, -0.1) is 0 Å². The van der Waals surface area contributed by atoms with E-state index in [1.807, 2.05) is 0 Å². The smallest absolute Gasteiger partial charge is 0.321 e. The number of halogens is 1. The molecular weight excluding hydrogens is 300 g/mol. The highest BCUT2D eigenvalue weighted by Gasteiger charge is 2.21. The van der Waals surface area contributed by atoms with Crippen molar-refractivity contribution in [2.45, 2.75) is 12.5 Å². The zero-order valence-electron chi connectivity index (χ0n) is 11.4. The number of phenols is 1. The Kier molecular flexibility index (Phi) is 6.93. The number of amides is 1. The lowest BCUT2D eigenvalue weighted by Crippen LogP contribution is -2.41. The fourth-order valence-electron chi connectivity index (χ4n) is 1.58. The Balaban J connectivity index is 2.61. The molecule has 0 aromatic heterocycles. The quantitative estimate of drug-likeness (QED) is 0.422. The Morgan fingerprint density at radius 1 is 1.43 bits per heavy atom. The summed E-state index contributed by atoms with van der Waals surface area (Å²) in [7, 11) is 1.49. The second-order valence-corrected chi connectivity index (χ2v) is 4.69. The molecule has 0 spiro atoms. The van der Waals surface area contributed by atoms with Crippen LogP contribution in [-0.4, -0.2) is 48.4 Å². The lowest BCUT2D eigenvalue weighted by molar-refractivity contribution is -0.141. The van der Waals surface area contributed by atoms with E-state index in [4.69, 9.17) is 21.4 Å². The topological polar surface area (TPSA) is 108 Å². The molecule has 0 aliphatic carbocycles. The average Bonchev–Trinajstić information content (AvgIpc) is 2.42. The second-order valence-electron chi connectivity index (χ2n) is 4.25. The Bertz CT molecular complexity index is 509. The van der Waals surface area contributed by atoms with Crippen molar-refractivity contribution in [1.29, 1.82) is 0 Å². The van der Waals surface area contributed by atoms with Gasteiger partial charge in [0.05, 0.1) is 18.7 Å². The monoisotopic (exact) mass is 316 g/mol. The lowest BCUT2D eigenvalue weighted by Gasteiger charge is -2.14. The van der Waals surface area contributed by atoms with Gasteiger partial charge in [0.2, 0.25) is 5.91 Å². The summed E-state index contributed by atoms with van der Waals surface area (Å²) in [5.41, 5.74) is 0.133. The number of aliphatic carboxylic acids is 1. The van der Waals surface area contributed by atoms with Gasteiger partial charge >= 0.3 is 5.97 Å². The first-order chi connectivity index (χ1) is 9.93. The summed E-state index contributed by atoms with van der Waals surface area (Å²) >= 11 is 5.76. The molecular formula is C13H17ClN2O5. The van der Waals surface area contributed by atoms with Gasteiger partial charge in [0.1, 0.15) is 11.8 Å². The molecule has 1 aromatic carbocycles. The number of hydrogen-bond donors (Lipinski definition) is 4. The van der Waals surface area contributed by atoms with Gasteiger partial charge in [-0.25, -0.2) is 0 Å². The summed E-state index contributed by atoms with van der Waals surface area (Å²) in [6.45, 7) is 0.643. The van der Waals surface area contributed by atoms with Crippen molar-refractivity contribution in [2.75, 3.05) is 25.6 Å². The van der Waals surface area contributed by atoms with Crippen LogP contribution in [0.15, 0.2) is 18.2 Å². The van der Waals surface area contributed by atoms with E-state index >= 15 is 0 Å². The molecule has 0 saturated carbocycles. The van der Waals surface area contributed by atoms with Crippen molar-refractivity contribution >= 4 is 29.2 Å². The van der Waals surface area contributed by atoms with Gasteiger partial charge < -0.3 is 25.6 Å². The standard InChI is InChI=1S/C13H17ClN2O5/c1-21-5-4-15-10(13(19)20)7-12(18)16-9-6-8(14)2-3-11(9)17/h2-3,6,10,15,17H,4-5,7H2,1H3,(H,16,18)(H,19,20)/t10-/m0/s1. The molecule has 0 unspecified atom stereocenters. The number of ether oxygens (including phenoxy) is 1. The minimum atomic E-state index is -1.14. The Morgan fingerprint density at radius 3 is 2.76 bits per heavy atom. The van der Waals surface area contributed by atoms with Crippen LogP contribution in [0.4, 0.5) is 5.69 Å². The molecule has 7 nitrogen and oxygen atoms in total. The van der Waals surface area contributed by atoms with Crippen LogP contribution in [0.25, 0.3) is 0 Å². The fourth-order valence-corrected chi connectivity index (χ4v) is 1.75. The lowest BCUT2D eigenvalue weighted by atomic mass is 10.2. The summed E-state index contributed by atoms with van der Waals surface area (Å²) < 4.78 is 4.80. The number of rotatable bonds is 8. The van der Waals surface area contributed by atoms with Crippen molar-refractivity contribution in [3.8, 4) is 5.75 Å². The molecule has 0 aliphatic heterocycles. The van der Waals surface area contributed by atoms with E-state index in [2.05, 4.69) is 10.6 Å². The second kappa shape index (κ2) is 8.46. The molecule has 21 heavy (non-hydrogen) atoms. The van der Waals surface area contributed by atoms with Gasteiger partial charge in [-0.2, -0.15) is 0 Å². The maximum absolute atomic E-state index is 11.8. The van der Waals surface area contributed by atoms with Gasteiger partial charge in [0, 0.05) is 18.7 Å². The number of benzene rings is 1. The van der Waals surface area contributed by atoms with Crippen LogP contribution in [0.2, 0.25) is 5.02 Å². The van der Waals surface area contributed by atoms with Crippen molar-refractivity contribution in [3.05, 3.63) is 23.2 Å². The Hall–Kier alpha value is -1.83. The number of carbonyl (C=O) groups is 2. The molecule has 4 N–H and O–H groups in total. The highest BCUT2D eigenvalue weighted by molar-refractivity contribution is 6.31. The highest BCUT2D eigenvalue weighted by atomic mass is 35.5. The van der Waals surface area contributed by atoms with Crippen LogP contribution < -0.4 is 10.6 Å². The minimum Gasteiger partial charge on any atom is -0.506 e. The van der Waals surface area contributed by atoms with Crippen LogP contribution in [0, 0.1) is 0 Å². The number of anilines is 1. The van der Waals surface area contributed by atoms with Crippen LogP contribution in [0.5, 0.6) is 5.75 Å². The van der Waals surface area contributed by atoms with E-state index in [1.165, 1.54) is 25.3 Å². The molecule has 1 amide bonds. The van der Waals surface area contributed by atoms with E-state index in [1.54, 1.807) is 0 Å². The molecule has 0 radical (unpaired) electrons. The van der Waals surface area contributed by atoms with Gasteiger partial charge in [-0.3, -0.25) is 9.59 Å². The van der Waals surface area contributed by atoms with Crippen LogP contribution >= 0.6 is 11.6 Å². The van der Waals surface area contributed by atoms with Crippen LogP contribution in [-0.2, 0) is 14.3 Å². The maximum Gasteiger partial charge on any atom is 0.321 e. The van der Waals surface area contributed by atoms with Crippen LogP contribution in [0.1, 0.15) is 6.42 Å². The maximum atomic E-state index is 11.8. The van der Waals surface area contributed by atoms with Crippen molar-refractivity contribution < 1.29 is 24.5 Å². The predicted octanol–water partition coefficient (Wildman–Crippen LogP) is 1.06. The molecule has 1 atom stereocenters. The number of carboxylic acid groups (broad SMARTS) is 1. The number of aromatic hydroxyl groups is 1. The number of methoxy groups -OCH3 is 1. The number of carboxylic acids is 1. The number of hydrogen-bond acceptors (Lipinski definition) is 5. The zero-order valence-corrected chi connectivity index (χ0v) is 12.2. The molecule has 0 saturated heterocycles. The molecule has 1 aromatic rings. The normalized spacial score (nSPS) is 11.9. The number of carbonyl (C=O) groups excluding carboxylic acids is 1. The van der Waals surface area contributed by atoms with Crippen molar-refractivity contribution in [3.63, 3.8) is 0 Å². The third-order valence-electron chi connectivity index (χ3n) is 2.62. The first-order valence-electron chi connectivity index (χ1n) is 6.17. The fraction of sp³-hybridized carbons (Fsp3) is 0.385. The zero-order chi connectivity index (χ0) is 15.8. The average molecular weight is 317 g/mol. The predicted molar refractivity (Wildman–Crippen MR) is 77.7 cm³/mol. The first kappa shape index (κ1) is 17.2. The Morgan fingerprint density at radius 2 is 2.14 bits per heavy atom. The van der Waals surface area contributed by atoms with Gasteiger partial charge in [-0.05, 0) is 18.2 Å². The van der Waals surface area contributed by atoms with Gasteiger partial charge in [0.15, 0.2) is 0 Å². The first-order valence-corrected chi connectivity index (χ1v) is 6.55. The molecule has 8 heteroatoms. The van der Waals surface area contributed by atoms with E-state index in [9.17, 15) is 14.7 Å². The highest BCUT2D eigenvalue weighted by Crippen LogP contribution is 2.26. The summed E-state index contributed by atoms with van der Waals surface area (Å²) in [6.07, 6.45) is -0.287. The molecule has 0 fully saturated rings. The third-order valence-corrected chi connectivity index (χ3v) is 2.85. The molecule has 0 aliphatic rings. The summed E-state index contributed by atoms with van der Waals surface area (Å²) in [5, 5.41) is 24.1. The van der Waals surface area contributed by atoms with E-state index in [0.717, 1.165) is 0 Å². The SMILES string of the molecule is COCCN[C@@H](CC(=O)Nc1cc(Cl)ccc1O)C(=O)O. The minimum absolute atomic E-state index is 0.133. The third kappa shape index (κ3) is 5.99. The van der Waals surface area contributed by atoms with Crippen LogP contribution in [0.3, 0.4) is 0 Å². The van der Waals surface area contributed by atoms with Gasteiger partial charge in [-0.1, -0.05) is 11.6 Å². The summed E-state index contributed by atoms with van der Waals surface area (Å²) in [5.74, 6) is -1.84. The number of phenolic OH excluding ortho intramolecular Hbond substituents is 1.